The van der Waals surface area contributed by atoms with E-state index >= 15 is 0 Å². The van der Waals surface area contributed by atoms with Crippen molar-refractivity contribution in [1.82, 2.24) is 15.2 Å². The average Bonchev–Trinajstić information content (AvgIpc) is 3.18. The van der Waals surface area contributed by atoms with Crippen molar-refractivity contribution in [3.05, 3.63) is 65.5 Å². The fraction of sp³-hybridized carbons (Fsp3) is 0.478. The molecule has 158 valence electrons. The van der Waals surface area contributed by atoms with E-state index in [1.807, 2.05) is 18.5 Å². The molecule has 5 nitrogen and oxygen atoms in total. The van der Waals surface area contributed by atoms with Crippen LogP contribution in [0.4, 0.5) is 0 Å². The zero-order valence-corrected chi connectivity index (χ0v) is 19.8. The lowest BCUT2D eigenvalue weighted by Gasteiger charge is -2.21. The molecule has 3 rings (SSSR count). The number of halogens is 1. The van der Waals surface area contributed by atoms with Gasteiger partial charge in [0, 0.05) is 44.5 Å². The van der Waals surface area contributed by atoms with Gasteiger partial charge in [0.1, 0.15) is 0 Å². The summed E-state index contributed by atoms with van der Waals surface area (Å²) >= 11 is 0. The molecule has 1 unspecified atom stereocenters. The van der Waals surface area contributed by atoms with Crippen LogP contribution in [-0.4, -0.2) is 48.6 Å². The Kier molecular flexibility index (Phi) is 10.4. The molecule has 1 N–H and O–H groups in total. The molecule has 0 amide bonds. The van der Waals surface area contributed by atoms with Gasteiger partial charge in [0.15, 0.2) is 5.96 Å². The summed E-state index contributed by atoms with van der Waals surface area (Å²) in [7, 11) is 0. The van der Waals surface area contributed by atoms with Crippen molar-refractivity contribution in [2.75, 3.05) is 32.8 Å². The summed E-state index contributed by atoms with van der Waals surface area (Å²) in [5.74, 6) is 1.59. The molecule has 1 saturated heterocycles. The van der Waals surface area contributed by atoms with Gasteiger partial charge in [-0.05, 0) is 49.4 Å². The Bertz CT molecular complexity index is 754. The predicted octanol–water partition coefficient (Wildman–Crippen LogP) is 4.05. The minimum atomic E-state index is 0. The number of aromatic nitrogens is 1. The molecule has 1 aromatic carbocycles. The molecule has 2 heterocycles. The van der Waals surface area contributed by atoms with Gasteiger partial charge in [-0.2, -0.15) is 0 Å². The Morgan fingerprint density at radius 3 is 2.86 bits per heavy atom. The van der Waals surface area contributed by atoms with Gasteiger partial charge in [0.2, 0.25) is 0 Å². The van der Waals surface area contributed by atoms with E-state index in [-0.39, 0.29) is 24.0 Å². The molecule has 1 fully saturated rings. The number of guanidine groups is 1. The minimum absolute atomic E-state index is 0. The van der Waals surface area contributed by atoms with Crippen molar-refractivity contribution < 1.29 is 4.74 Å². The number of likely N-dealkylation sites (tertiary alicyclic amines) is 1. The van der Waals surface area contributed by atoms with Crippen molar-refractivity contribution in [1.29, 1.82) is 0 Å². The molecule has 0 spiro atoms. The standard InChI is InChI=1S/C23H32N4O.HI/c1-3-25-23(26-13-10-22-9-12-24-15-19(22)2)27-14-11-21(16-27)18-28-17-20-7-5-4-6-8-20;/h4-9,12,15,21H,3,10-11,13-14,16-18H2,1-2H3,(H,25,26);1H. The number of nitrogens with one attached hydrogen (secondary N) is 1. The summed E-state index contributed by atoms with van der Waals surface area (Å²) in [6, 6.07) is 12.5. The van der Waals surface area contributed by atoms with Crippen LogP contribution >= 0.6 is 24.0 Å². The van der Waals surface area contributed by atoms with Crippen LogP contribution in [0.15, 0.2) is 53.8 Å². The Labute approximate surface area is 192 Å². The maximum Gasteiger partial charge on any atom is 0.193 e. The van der Waals surface area contributed by atoms with Crippen LogP contribution in [0.3, 0.4) is 0 Å². The fourth-order valence-electron chi connectivity index (χ4n) is 3.57. The molecule has 1 aliphatic heterocycles. The normalized spacial score (nSPS) is 16.6. The van der Waals surface area contributed by atoms with Gasteiger partial charge in [-0.1, -0.05) is 30.3 Å². The first-order chi connectivity index (χ1) is 13.8. The Morgan fingerprint density at radius 1 is 1.28 bits per heavy atom. The van der Waals surface area contributed by atoms with Gasteiger partial charge >= 0.3 is 0 Å². The molecule has 0 saturated carbocycles. The van der Waals surface area contributed by atoms with E-state index in [1.54, 1.807) is 0 Å². The van der Waals surface area contributed by atoms with E-state index in [0.717, 1.165) is 51.6 Å². The highest BCUT2D eigenvalue weighted by Gasteiger charge is 2.24. The zero-order chi connectivity index (χ0) is 19.6. The molecule has 6 heteroatoms. The molecule has 1 atom stereocenters. The van der Waals surface area contributed by atoms with Gasteiger partial charge in [-0.25, -0.2) is 0 Å². The molecule has 1 aliphatic rings. The summed E-state index contributed by atoms with van der Waals surface area (Å²) in [4.78, 5) is 11.4. The maximum absolute atomic E-state index is 5.95. The number of ether oxygens (including phenoxy) is 1. The first-order valence-corrected chi connectivity index (χ1v) is 10.3. The predicted molar refractivity (Wildman–Crippen MR) is 130 cm³/mol. The number of benzene rings is 1. The van der Waals surface area contributed by atoms with Gasteiger partial charge in [-0.15, -0.1) is 24.0 Å². The van der Waals surface area contributed by atoms with Crippen molar-refractivity contribution in [2.45, 2.75) is 33.3 Å². The van der Waals surface area contributed by atoms with E-state index in [4.69, 9.17) is 9.73 Å². The second-order valence-corrected chi connectivity index (χ2v) is 7.39. The van der Waals surface area contributed by atoms with E-state index in [2.05, 4.69) is 59.4 Å². The fourth-order valence-corrected chi connectivity index (χ4v) is 3.57. The van der Waals surface area contributed by atoms with Gasteiger partial charge in [-0.3, -0.25) is 9.98 Å². The van der Waals surface area contributed by atoms with Crippen molar-refractivity contribution in [3.8, 4) is 0 Å². The first-order valence-electron chi connectivity index (χ1n) is 10.3. The van der Waals surface area contributed by atoms with Crippen LogP contribution in [0.5, 0.6) is 0 Å². The van der Waals surface area contributed by atoms with Gasteiger partial charge in [0.05, 0.1) is 13.2 Å². The Balaban J connectivity index is 0.00000300. The summed E-state index contributed by atoms with van der Waals surface area (Å²) in [5, 5.41) is 3.45. The zero-order valence-electron chi connectivity index (χ0n) is 17.5. The summed E-state index contributed by atoms with van der Waals surface area (Å²) < 4.78 is 5.95. The molecule has 1 aromatic heterocycles. The highest BCUT2D eigenvalue weighted by Crippen LogP contribution is 2.17. The quantitative estimate of drug-likeness (QED) is 0.332. The minimum Gasteiger partial charge on any atom is -0.376 e. The summed E-state index contributed by atoms with van der Waals surface area (Å²) in [6.45, 7) is 9.46. The maximum atomic E-state index is 5.95. The van der Waals surface area contributed by atoms with E-state index < -0.39 is 0 Å². The van der Waals surface area contributed by atoms with E-state index in [1.165, 1.54) is 16.7 Å². The molecule has 29 heavy (non-hydrogen) atoms. The van der Waals surface area contributed by atoms with Crippen molar-refractivity contribution >= 4 is 29.9 Å². The summed E-state index contributed by atoms with van der Waals surface area (Å²) in [6.07, 6.45) is 5.88. The number of nitrogens with zero attached hydrogens (tertiary/aromatic N) is 3. The van der Waals surface area contributed by atoms with Gasteiger partial charge in [0.25, 0.3) is 0 Å². The SMILES string of the molecule is CCNC(=NCCc1ccncc1C)N1CCC(COCc2ccccc2)C1.I. The number of hydrogen-bond donors (Lipinski definition) is 1. The third-order valence-corrected chi connectivity index (χ3v) is 5.16. The smallest absolute Gasteiger partial charge is 0.193 e. The van der Waals surface area contributed by atoms with E-state index in [9.17, 15) is 0 Å². The third kappa shape index (κ3) is 7.59. The Hall–Kier alpha value is -1.67. The number of aryl methyl sites for hydroxylation is 1. The largest absolute Gasteiger partial charge is 0.376 e. The van der Waals surface area contributed by atoms with Crippen LogP contribution in [0.1, 0.15) is 30.0 Å². The van der Waals surface area contributed by atoms with E-state index in [0.29, 0.717) is 12.5 Å². The monoisotopic (exact) mass is 508 g/mol. The molecular formula is C23H33IN4O. The highest BCUT2D eigenvalue weighted by molar-refractivity contribution is 14.0. The number of rotatable bonds is 8. The van der Waals surface area contributed by atoms with Crippen molar-refractivity contribution in [3.63, 3.8) is 0 Å². The first kappa shape index (κ1) is 23.6. The number of pyridine rings is 1. The molecule has 0 radical (unpaired) electrons. The third-order valence-electron chi connectivity index (χ3n) is 5.16. The Morgan fingerprint density at radius 2 is 2.10 bits per heavy atom. The topological polar surface area (TPSA) is 49.8 Å². The van der Waals surface area contributed by atoms with Crippen LogP contribution in [0.25, 0.3) is 0 Å². The summed E-state index contributed by atoms with van der Waals surface area (Å²) in [5.41, 5.74) is 3.79. The van der Waals surface area contributed by atoms with Crippen LogP contribution in [0, 0.1) is 12.8 Å². The molecule has 0 bridgehead atoms. The lowest BCUT2D eigenvalue weighted by Crippen LogP contribution is -2.40. The number of hydrogen-bond acceptors (Lipinski definition) is 3. The number of aliphatic imine (C=N–C) groups is 1. The highest BCUT2D eigenvalue weighted by atomic mass is 127. The van der Waals surface area contributed by atoms with Crippen LogP contribution in [-0.2, 0) is 17.8 Å². The molecule has 0 aliphatic carbocycles. The average molecular weight is 508 g/mol. The van der Waals surface area contributed by atoms with Gasteiger partial charge < -0.3 is 15.0 Å². The van der Waals surface area contributed by atoms with Crippen LogP contribution < -0.4 is 5.32 Å². The lowest BCUT2D eigenvalue weighted by molar-refractivity contribution is 0.0907. The molecule has 2 aromatic rings. The lowest BCUT2D eigenvalue weighted by atomic mass is 10.1. The van der Waals surface area contributed by atoms with Crippen LogP contribution in [0.2, 0.25) is 0 Å². The van der Waals surface area contributed by atoms with Crippen molar-refractivity contribution in [2.24, 2.45) is 10.9 Å². The second-order valence-electron chi connectivity index (χ2n) is 7.39. The second kappa shape index (κ2) is 12.8. The molecular weight excluding hydrogens is 475 g/mol.